The zero-order valence-electron chi connectivity index (χ0n) is 13.3. The molecule has 1 aliphatic rings. The molecule has 1 aromatic carbocycles. The van der Waals surface area contributed by atoms with Gasteiger partial charge in [-0.1, -0.05) is 6.92 Å². The summed E-state index contributed by atoms with van der Waals surface area (Å²) >= 11 is 0. The zero-order valence-corrected chi connectivity index (χ0v) is 13.3. The number of imidazole rings is 1. The summed E-state index contributed by atoms with van der Waals surface area (Å²) in [5, 5.41) is 3.26. The molecular formula is C16H18FN5O. The molecule has 0 aliphatic carbocycles. The van der Waals surface area contributed by atoms with Gasteiger partial charge in [-0.2, -0.15) is 0 Å². The molecule has 3 aromatic rings. The molecule has 23 heavy (non-hydrogen) atoms. The monoisotopic (exact) mass is 315 g/mol. The van der Waals surface area contributed by atoms with Gasteiger partial charge in [0.25, 0.3) is 5.91 Å². The predicted octanol–water partition coefficient (Wildman–Crippen LogP) is 1.57. The summed E-state index contributed by atoms with van der Waals surface area (Å²) < 4.78 is 15.5. The van der Waals surface area contributed by atoms with Gasteiger partial charge >= 0.3 is 0 Å². The van der Waals surface area contributed by atoms with E-state index in [0.717, 1.165) is 36.1 Å². The smallest absolute Gasteiger partial charge is 0.251 e. The van der Waals surface area contributed by atoms with Gasteiger partial charge in [-0.3, -0.25) is 9.89 Å². The minimum atomic E-state index is -0.667. The van der Waals surface area contributed by atoms with Gasteiger partial charge in [0.05, 0.1) is 11.1 Å². The highest BCUT2D eigenvalue weighted by Crippen LogP contribution is 2.38. The normalized spacial score (nSPS) is 17.7. The molecule has 7 heteroatoms. The lowest BCUT2D eigenvalue weighted by Crippen LogP contribution is -2.55. The fourth-order valence-electron chi connectivity index (χ4n) is 4.06. The predicted molar refractivity (Wildman–Crippen MR) is 85.1 cm³/mol. The fourth-order valence-corrected chi connectivity index (χ4v) is 4.06. The van der Waals surface area contributed by atoms with Gasteiger partial charge in [0.2, 0.25) is 0 Å². The third-order valence-corrected chi connectivity index (χ3v) is 4.70. The number of likely N-dealkylation sites (tertiary alicyclic amines) is 1. The van der Waals surface area contributed by atoms with Crippen LogP contribution in [0.25, 0.3) is 16.7 Å². The summed E-state index contributed by atoms with van der Waals surface area (Å²) in [5.41, 5.74) is 9.36. The van der Waals surface area contributed by atoms with Gasteiger partial charge in [-0.05, 0) is 20.0 Å². The molecule has 1 fully saturated rings. The number of carbonyl (C=O) groups excluding carboxylic acids is 1. The van der Waals surface area contributed by atoms with Crippen molar-refractivity contribution >= 4 is 22.6 Å². The highest BCUT2D eigenvalue weighted by atomic mass is 19.1. The van der Waals surface area contributed by atoms with E-state index in [-0.39, 0.29) is 11.0 Å². The number of nitrogens with one attached hydrogen (secondary N) is 1. The average molecular weight is 315 g/mol. The van der Waals surface area contributed by atoms with E-state index in [9.17, 15) is 9.18 Å². The third-order valence-electron chi connectivity index (χ3n) is 4.70. The Kier molecular flexibility index (Phi) is 2.67. The van der Waals surface area contributed by atoms with Crippen molar-refractivity contribution < 1.29 is 9.18 Å². The van der Waals surface area contributed by atoms with Gasteiger partial charge in [-0.15, -0.1) is 0 Å². The first-order valence-electron chi connectivity index (χ1n) is 7.49. The average Bonchev–Trinajstić information content (AvgIpc) is 2.89. The summed E-state index contributed by atoms with van der Waals surface area (Å²) in [5.74, 6) is -1.18. The van der Waals surface area contributed by atoms with E-state index in [0.29, 0.717) is 11.0 Å². The molecule has 0 spiro atoms. The fraction of sp³-hybridized carbons (Fsp3) is 0.375. The number of aromatic amines is 1. The summed E-state index contributed by atoms with van der Waals surface area (Å²) in [7, 11) is 2.07. The van der Waals surface area contributed by atoms with E-state index < -0.39 is 11.7 Å². The second-order valence-electron chi connectivity index (χ2n) is 6.80. The largest absolute Gasteiger partial charge is 0.366 e. The maximum absolute atomic E-state index is 13.8. The number of H-pyrrole nitrogens is 1. The molecule has 1 saturated heterocycles. The van der Waals surface area contributed by atoms with E-state index in [1.165, 1.54) is 6.07 Å². The van der Waals surface area contributed by atoms with Crippen molar-refractivity contribution in [1.29, 1.82) is 0 Å². The Hall–Kier alpha value is -2.41. The lowest BCUT2D eigenvalue weighted by atomic mass is 9.76. The first kappa shape index (κ1) is 14.2. The highest BCUT2D eigenvalue weighted by molar-refractivity contribution is 6.05. The van der Waals surface area contributed by atoms with E-state index in [1.807, 2.05) is 6.92 Å². The molecule has 0 saturated carbocycles. The van der Waals surface area contributed by atoms with E-state index >= 15 is 0 Å². The number of carbonyl (C=O) groups is 1. The number of nitrogens with zero attached hydrogens (tertiary/aromatic N) is 3. The maximum atomic E-state index is 13.8. The molecule has 1 amide bonds. The number of fused-ring (bicyclic) bond motifs is 3. The lowest BCUT2D eigenvalue weighted by Gasteiger charge is -2.46. The number of halogens is 1. The van der Waals surface area contributed by atoms with Crippen LogP contribution in [0.1, 0.15) is 28.5 Å². The highest BCUT2D eigenvalue weighted by Gasteiger charge is 2.42. The Labute approximate surface area is 132 Å². The van der Waals surface area contributed by atoms with Crippen LogP contribution in [0.5, 0.6) is 0 Å². The Morgan fingerprint density at radius 2 is 2.13 bits per heavy atom. The summed E-state index contributed by atoms with van der Waals surface area (Å²) in [6.45, 7) is 6.05. The Morgan fingerprint density at radius 1 is 1.43 bits per heavy atom. The Balaban J connectivity index is 2.07. The number of aryl methyl sites for hydroxylation is 1. The van der Waals surface area contributed by atoms with Crippen LogP contribution >= 0.6 is 0 Å². The van der Waals surface area contributed by atoms with E-state index in [1.54, 1.807) is 4.52 Å². The van der Waals surface area contributed by atoms with Crippen molar-refractivity contribution in [1.82, 2.24) is 19.5 Å². The van der Waals surface area contributed by atoms with Crippen LogP contribution in [-0.2, 0) is 5.41 Å². The number of hydrogen-bond acceptors (Lipinski definition) is 3. The first-order valence-corrected chi connectivity index (χ1v) is 7.49. The van der Waals surface area contributed by atoms with Crippen LogP contribution < -0.4 is 5.73 Å². The van der Waals surface area contributed by atoms with Crippen molar-refractivity contribution in [2.75, 3.05) is 20.1 Å². The molecule has 4 rings (SSSR count). The van der Waals surface area contributed by atoms with Gasteiger partial charge in [0.1, 0.15) is 11.3 Å². The summed E-state index contributed by atoms with van der Waals surface area (Å²) in [6.07, 6.45) is 0. The topological polar surface area (TPSA) is 79.4 Å². The summed E-state index contributed by atoms with van der Waals surface area (Å²) in [4.78, 5) is 18.5. The second kappa shape index (κ2) is 4.32. The number of aromatic nitrogens is 3. The molecule has 6 nitrogen and oxygen atoms in total. The molecule has 120 valence electrons. The third kappa shape index (κ3) is 1.83. The molecule has 3 heterocycles. The van der Waals surface area contributed by atoms with Crippen LogP contribution in [0, 0.1) is 12.7 Å². The van der Waals surface area contributed by atoms with Crippen molar-refractivity contribution in [2.45, 2.75) is 19.3 Å². The molecule has 0 unspecified atom stereocenters. The minimum absolute atomic E-state index is 0.00705. The quantitative estimate of drug-likeness (QED) is 0.753. The molecule has 0 radical (unpaired) electrons. The van der Waals surface area contributed by atoms with Gasteiger partial charge in [-0.25, -0.2) is 13.9 Å². The molecule has 0 bridgehead atoms. The Bertz CT molecular complexity index is 964. The molecule has 0 atom stereocenters. The summed E-state index contributed by atoms with van der Waals surface area (Å²) in [6, 6.07) is 2.49. The zero-order chi connectivity index (χ0) is 16.5. The van der Waals surface area contributed by atoms with Crippen LogP contribution in [-0.4, -0.2) is 45.5 Å². The van der Waals surface area contributed by atoms with Crippen LogP contribution in [0.4, 0.5) is 4.39 Å². The molecule has 3 N–H and O–H groups in total. The van der Waals surface area contributed by atoms with Crippen molar-refractivity contribution in [3.05, 3.63) is 34.8 Å². The number of hydrogen-bond donors (Lipinski definition) is 2. The van der Waals surface area contributed by atoms with E-state index in [4.69, 9.17) is 5.73 Å². The second-order valence-corrected chi connectivity index (χ2v) is 6.80. The van der Waals surface area contributed by atoms with Crippen LogP contribution in [0.2, 0.25) is 0 Å². The van der Waals surface area contributed by atoms with Gasteiger partial charge < -0.3 is 10.6 Å². The Morgan fingerprint density at radius 3 is 2.74 bits per heavy atom. The molecule has 1 aliphatic heterocycles. The van der Waals surface area contributed by atoms with Crippen molar-refractivity contribution in [3.8, 4) is 0 Å². The molecule has 2 aromatic heterocycles. The lowest BCUT2D eigenvalue weighted by molar-refractivity contribution is 0.100. The maximum Gasteiger partial charge on any atom is 0.251 e. The number of amides is 1. The standard InChI is InChI=1S/C16H18FN5O/c1-8-12(16(2)6-21(3)7-16)15-19-11-5-9(17)4-10(14(18)23)13(11)22(15)20-8/h4-5,20H,6-7H2,1-3H3,(H2,18,23). The van der Waals surface area contributed by atoms with Crippen LogP contribution in [0.3, 0.4) is 0 Å². The number of nitrogens with two attached hydrogens (primary N) is 1. The van der Waals surface area contributed by atoms with Crippen molar-refractivity contribution in [2.24, 2.45) is 5.73 Å². The van der Waals surface area contributed by atoms with Gasteiger partial charge in [0, 0.05) is 35.8 Å². The number of primary amides is 1. The minimum Gasteiger partial charge on any atom is -0.366 e. The van der Waals surface area contributed by atoms with Crippen molar-refractivity contribution in [3.63, 3.8) is 0 Å². The SMILES string of the molecule is Cc1[nH]n2c(nc3cc(F)cc(C(N)=O)c32)c1C1(C)CN(C)C1. The number of rotatable bonds is 2. The van der Waals surface area contributed by atoms with Gasteiger partial charge in [0.15, 0.2) is 5.65 Å². The first-order chi connectivity index (χ1) is 10.8. The van der Waals surface area contributed by atoms with Crippen LogP contribution in [0.15, 0.2) is 12.1 Å². The number of benzene rings is 1. The number of likely N-dealkylation sites (N-methyl/N-ethyl adjacent to an activating group) is 1. The molecular weight excluding hydrogens is 297 g/mol. The van der Waals surface area contributed by atoms with E-state index in [2.05, 4.69) is 29.0 Å².